The van der Waals surface area contributed by atoms with Gasteiger partial charge in [0.15, 0.2) is 11.0 Å². The number of ether oxygens (including phenoxy) is 1. The largest absolute Gasteiger partial charge is 0.497 e. The fourth-order valence-electron chi connectivity index (χ4n) is 3.52. The molecule has 1 aliphatic rings. The Bertz CT molecular complexity index is 847. The molecule has 2 aromatic rings. The number of aromatic nitrogens is 3. The number of hydrogen-bond donors (Lipinski definition) is 2. The van der Waals surface area contributed by atoms with Crippen LogP contribution in [0.25, 0.3) is 0 Å². The van der Waals surface area contributed by atoms with Crippen LogP contribution in [0.3, 0.4) is 0 Å². The minimum absolute atomic E-state index is 0.0342. The molecule has 1 aromatic carbocycles. The quantitative estimate of drug-likeness (QED) is 0.593. The summed E-state index contributed by atoms with van der Waals surface area (Å²) < 4.78 is 7.03. The van der Waals surface area contributed by atoms with E-state index in [0.29, 0.717) is 40.6 Å². The minimum Gasteiger partial charge on any atom is -0.497 e. The van der Waals surface area contributed by atoms with Crippen LogP contribution in [0.1, 0.15) is 55.2 Å². The number of hydrogen-bond acceptors (Lipinski definition) is 6. The van der Waals surface area contributed by atoms with Crippen molar-refractivity contribution in [3.63, 3.8) is 0 Å². The van der Waals surface area contributed by atoms with E-state index < -0.39 is 0 Å². The molecular formula is C21H29N5O3S. The van der Waals surface area contributed by atoms with Gasteiger partial charge >= 0.3 is 0 Å². The Hall–Kier alpha value is -2.55. The van der Waals surface area contributed by atoms with E-state index in [9.17, 15) is 9.59 Å². The Kier molecular flexibility index (Phi) is 8.12. The number of thioether (sulfide) groups is 1. The molecule has 2 amide bonds. The van der Waals surface area contributed by atoms with Gasteiger partial charge in [0.05, 0.1) is 19.4 Å². The molecule has 0 aliphatic heterocycles. The number of carbonyl (C=O) groups is 2. The normalized spacial score (nSPS) is 14.3. The minimum atomic E-state index is -0.190. The van der Waals surface area contributed by atoms with Gasteiger partial charge in [-0.05, 0) is 44.0 Å². The van der Waals surface area contributed by atoms with Gasteiger partial charge in [-0.15, -0.1) is 10.2 Å². The summed E-state index contributed by atoms with van der Waals surface area (Å²) in [5.41, 5.74) is 0.548. The van der Waals surface area contributed by atoms with E-state index in [0.717, 1.165) is 12.8 Å². The molecule has 0 spiro atoms. The molecule has 162 valence electrons. The first-order valence-electron chi connectivity index (χ1n) is 10.4. The third-order valence-electron chi connectivity index (χ3n) is 5.17. The van der Waals surface area contributed by atoms with Gasteiger partial charge in [0, 0.05) is 18.2 Å². The monoisotopic (exact) mass is 431 g/mol. The van der Waals surface area contributed by atoms with E-state index in [-0.39, 0.29) is 18.4 Å². The van der Waals surface area contributed by atoms with Crippen molar-refractivity contribution in [2.45, 2.75) is 63.3 Å². The Morgan fingerprint density at radius 3 is 2.57 bits per heavy atom. The highest BCUT2D eigenvalue weighted by atomic mass is 32.2. The lowest BCUT2D eigenvalue weighted by Crippen LogP contribution is -2.37. The van der Waals surface area contributed by atoms with Crippen molar-refractivity contribution < 1.29 is 14.3 Å². The topological polar surface area (TPSA) is 98.1 Å². The van der Waals surface area contributed by atoms with Crippen LogP contribution < -0.4 is 15.4 Å². The molecule has 1 fully saturated rings. The van der Waals surface area contributed by atoms with Crippen LogP contribution in [0, 0.1) is 0 Å². The maximum absolute atomic E-state index is 12.4. The highest BCUT2D eigenvalue weighted by molar-refractivity contribution is 7.99. The van der Waals surface area contributed by atoms with E-state index in [4.69, 9.17) is 4.74 Å². The summed E-state index contributed by atoms with van der Waals surface area (Å²) >= 11 is 1.37. The molecule has 1 aliphatic carbocycles. The number of nitrogens with zero attached hydrogens (tertiary/aromatic N) is 3. The second-order valence-electron chi connectivity index (χ2n) is 7.25. The molecule has 0 atom stereocenters. The van der Waals surface area contributed by atoms with Crippen LogP contribution in [0.4, 0.5) is 0 Å². The zero-order valence-electron chi connectivity index (χ0n) is 17.5. The van der Waals surface area contributed by atoms with Crippen molar-refractivity contribution in [3.05, 3.63) is 35.7 Å². The summed E-state index contributed by atoms with van der Waals surface area (Å²) in [4.78, 5) is 24.6. The second kappa shape index (κ2) is 11.0. The van der Waals surface area contributed by atoms with Crippen LogP contribution in [0.2, 0.25) is 0 Å². The Balaban J connectivity index is 1.51. The highest BCUT2D eigenvalue weighted by Gasteiger charge is 2.18. The average molecular weight is 432 g/mol. The van der Waals surface area contributed by atoms with Crippen LogP contribution >= 0.6 is 11.8 Å². The second-order valence-corrected chi connectivity index (χ2v) is 8.19. The van der Waals surface area contributed by atoms with Gasteiger partial charge in [-0.3, -0.25) is 9.59 Å². The lowest BCUT2D eigenvalue weighted by Gasteiger charge is -2.22. The standard InChI is InChI=1S/C21H29N5O3S/c1-3-26-18(13-22-20(28)15-9-11-17(29-2)12-10-15)24-25-21(26)30-14-19(27)23-16-7-5-4-6-8-16/h9-12,16H,3-8,13-14H2,1-2H3,(H,22,28)(H,23,27). The van der Waals surface area contributed by atoms with Gasteiger partial charge in [0.1, 0.15) is 5.75 Å². The van der Waals surface area contributed by atoms with Gasteiger partial charge in [0.25, 0.3) is 5.91 Å². The molecule has 2 N–H and O–H groups in total. The van der Waals surface area contributed by atoms with Crippen molar-refractivity contribution in [3.8, 4) is 5.75 Å². The number of methoxy groups -OCH3 is 1. The van der Waals surface area contributed by atoms with Crippen molar-refractivity contribution >= 4 is 23.6 Å². The highest BCUT2D eigenvalue weighted by Crippen LogP contribution is 2.20. The van der Waals surface area contributed by atoms with Crippen molar-refractivity contribution in [1.82, 2.24) is 25.4 Å². The third-order valence-corrected chi connectivity index (χ3v) is 6.14. The Labute approximate surface area is 181 Å². The molecule has 30 heavy (non-hydrogen) atoms. The summed E-state index contributed by atoms with van der Waals surface area (Å²) in [5, 5.41) is 15.1. The molecule has 9 heteroatoms. The van der Waals surface area contributed by atoms with E-state index in [1.807, 2.05) is 11.5 Å². The maximum Gasteiger partial charge on any atom is 0.251 e. The van der Waals surface area contributed by atoms with Crippen molar-refractivity contribution in [2.75, 3.05) is 12.9 Å². The molecule has 1 saturated carbocycles. The molecular weight excluding hydrogens is 402 g/mol. The first-order valence-corrected chi connectivity index (χ1v) is 11.4. The fourth-order valence-corrected chi connectivity index (χ4v) is 4.36. The predicted octanol–water partition coefficient (Wildman–Crippen LogP) is 2.78. The number of benzene rings is 1. The van der Waals surface area contributed by atoms with Crippen LogP contribution in [0.5, 0.6) is 5.75 Å². The zero-order valence-corrected chi connectivity index (χ0v) is 18.3. The average Bonchev–Trinajstić information content (AvgIpc) is 3.18. The molecule has 8 nitrogen and oxygen atoms in total. The van der Waals surface area contributed by atoms with Gasteiger partial charge < -0.3 is 19.9 Å². The molecule has 0 radical (unpaired) electrons. The van der Waals surface area contributed by atoms with Gasteiger partial charge in [-0.25, -0.2) is 0 Å². The van der Waals surface area contributed by atoms with E-state index in [2.05, 4.69) is 20.8 Å². The van der Waals surface area contributed by atoms with Gasteiger partial charge in [0.2, 0.25) is 5.91 Å². The van der Waals surface area contributed by atoms with E-state index in [1.165, 1.54) is 31.0 Å². The van der Waals surface area contributed by atoms with Crippen LogP contribution in [-0.2, 0) is 17.9 Å². The molecule has 1 aromatic heterocycles. The number of nitrogens with one attached hydrogen (secondary N) is 2. The summed E-state index contributed by atoms with van der Waals surface area (Å²) in [6.07, 6.45) is 5.78. The number of amides is 2. The van der Waals surface area contributed by atoms with Gasteiger partial charge in [-0.2, -0.15) is 0 Å². The summed E-state index contributed by atoms with van der Waals surface area (Å²) in [6.45, 7) is 2.91. The SMILES string of the molecule is CCn1c(CNC(=O)c2ccc(OC)cc2)nnc1SCC(=O)NC1CCCCC1. The Morgan fingerprint density at radius 1 is 1.17 bits per heavy atom. The van der Waals surface area contributed by atoms with Crippen LogP contribution in [-0.4, -0.2) is 45.5 Å². The number of carbonyl (C=O) groups excluding carboxylic acids is 2. The summed E-state index contributed by atoms with van der Waals surface area (Å²) in [6, 6.07) is 7.22. The molecule has 3 rings (SSSR count). The zero-order chi connectivity index (χ0) is 21.3. The van der Waals surface area contributed by atoms with Crippen molar-refractivity contribution in [1.29, 1.82) is 0 Å². The maximum atomic E-state index is 12.4. The third kappa shape index (κ3) is 5.98. The van der Waals surface area contributed by atoms with Crippen LogP contribution in [0.15, 0.2) is 29.4 Å². The van der Waals surface area contributed by atoms with Crippen molar-refractivity contribution in [2.24, 2.45) is 0 Å². The summed E-state index contributed by atoms with van der Waals surface area (Å²) in [5.74, 6) is 1.52. The lowest BCUT2D eigenvalue weighted by atomic mass is 9.95. The Morgan fingerprint density at radius 2 is 1.90 bits per heavy atom. The van der Waals surface area contributed by atoms with E-state index in [1.54, 1.807) is 31.4 Å². The molecule has 0 unspecified atom stereocenters. The smallest absolute Gasteiger partial charge is 0.251 e. The molecule has 1 heterocycles. The first-order chi connectivity index (χ1) is 14.6. The molecule has 0 saturated heterocycles. The first kappa shape index (κ1) is 22.1. The van der Waals surface area contributed by atoms with E-state index >= 15 is 0 Å². The molecule has 0 bridgehead atoms. The lowest BCUT2D eigenvalue weighted by molar-refractivity contribution is -0.119. The van der Waals surface area contributed by atoms with Gasteiger partial charge in [-0.1, -0.05) is 31.0 Å². The number of rotatable bonds is 9. The fraction of sp³-hybridized carbons (Fsp3) is 0.524. The summed E-state index contributed by atoms with van der Waals surface area (Å²) in [7, 11) is 1.59. The predicted molar refractivity (Wildman–Crippen MR) is 116 cm³/mol.